The Morgan fingerprint density at radius 3 is 2.72 bits per heavy atom. The zero-order chi connectivity index (χ0) is 13.1. The minimum atomic E-state index is 0.413. The van der Waals surface area contributed by atoms with Gasteiger partial charge in [-0.05, 0) is 24.1 Å². The van der Waals surface area contributed by atoms with Gasteiger partial charge in [0.25, 0.3) is 0 Å². The van der Waals surface area contributed by atoms with Gasteiger partial charge < -0.3 is 4.74 Å². The van der Waals surface area contributed by atoms with Gasteiger partial charge in [-0.1, -0.05) is 13.0 Å². The van der Waals surface area contributed by atoms with Crippen LogP contribution in [0.15, 0.2) is 24.3 Å². The van der Waals surface area contributed by atoms with Crippen LogP contribution >= 0.6 is 0 Å². The maximum atomic E-state index is 8.89. The van der Waals surface area contributed by atoms with Crippen molar-refractivity contribution in [2.24, 2.45) is 7.05 Å². The zero-order valence-corrected chi connectivity index (χ0v) is 10.8. The molecule has 92 valence electrons. The summed E-state index contributed by atoms with van der Waals surface area (Å²) in [6.45, 7) is 2.11. The van der Waals surface area contributed by atoms with E-state index in [1.807, 2.05) is 19.2 Å². The molecule has 0 aliphatic rings. The highest BCUT2D eigenvalue weighted by atomic mass is 16.5. The van der Waals surface area contributed by atoms with Crippen molar-refractivity contribution in [3.05, 3.63) is 35.5 Å². The van der Waals surface area contributed by atoms with Crippen LogP contribution in [0, 0.1) is 11.3 Å². The lowest BCUT2D eigenvalue weighted by Crippen LogP contribution is -1.97. The predicted octanol–water partition coefficient (Wildman–Crippen LogP) is 2.53. The van der Waals surface area contributed by atoms with Crippen LogP contribution in [0.3, 0.4) is 0 Å². The molecule has 0 saturated carbocycles. The second-order valence-electron chi connectivity index (χ2n) is 4.04. The van der Waals surface area contributed by atoms with Gasteiger partial charge in [0.15, 0.2) is 5.69 Å². The molecular weight excluding hydrogens is 226 g/mol. The van der Waals surface area contributed by atoms with Crippen molar-refractivity contribution in [2.45, 2.75) is 13.3 Å². The molecule has 0 aliphatic heterocycles. The van der Waals surface area contributed by atoms with Gasteiger partial charge in [0, 0.05) is 18.7 Å². The van der Waals surface area contributed by atoms with Gasteiger partial charge in [0.2, 0.25) is 0 Å². The lowest BCUT2D eigenvalue weighted by molar-refractivity contribution is 0.416. The third kappa shape index (κ3) is 2.07. The van der Waals surface area contributed by atoms with Gasteiger partial charge in [0.05, 0.1) is 12.8 Å². The number of aryl methyl sites for hydroxylation is 2. The molecule has 1 aromatic carbocycles. The van der Waals surface area contributed by atoms with Crippen LogP contribution < -0.4 is 4.74 Å². The monoisotopic (exact) mass is 241 g/mol. The third-order valence-corrected chi connectivity index (χ3v) is 2.94. The molecule has 0 atom stereocenters. The normalized spacial score (nSPS) is 10.1. The summed E-state index contributed by atoms with van der Waals surface area (Å²) in [6.07, 6.45) is 0.958. The van der Waals surface area contributed by atoms with Crippen molar-refractivity contribution in [3.8, 4) is 23.1 Å². The van der Waals surface area contributed by atoms with Crippen LogP contribution in [0.5, 0.6) is 5.75 Å². The number of nitriles is 1. The second kappa shape index (κ2) is 4.92. The van der Waals surface area contributed by atoms with Crippen LogP contribution in [0.4, 0.5) is 0 Å². The number of benzene rings is 1. The molecule has 2 rings (SSSR count). The number of hydrogen-bond acceptors (Lipinski definition) is 3. The molecule has 0 unspecified atom stereocenters. The predicted molar refractivity (Wildman–Crippen MR) is 69.3 cm³/mol. The molecule has 2 aromatic rings. The maximum Gasteiger partial charge on any atom is 0.163 e. The van der Waals surface area contributed by atoms with Crippen molar-refractivity contribution < 1.29 is 4.74 Å². The van der Waals surface area contributed by atoms with Gasteiger partial charge >= 0.3 is 0 Å². The molecular formula is C14H15N3O. The summed E-state index contributed by atoms with van der Waals surface area (Å²) >= 11 is 0. The van der Waals surface area contributed by atoms with Gasteiger partial charge in [-0.2, -0.15) is 10.4 Å². The van der Waals surface area contributed by atoms with Crippen LogP contribution in [0.2, 0.25) is 0 Å². The van der Waals surface area contributed by atoms with E-state index in [9.17, 15) is 0 Å². The van der Waals surface area contributed by atoms with Gasteiger partial charge in [-0.3, -0.25) is 4.68 Å². The lowest BCUT2D eigenvalue weighted by Gasteiger charge is -2.10. The fraction of sp³-hybridized carbons (Fsp3) is 0.286. The zero-order valence-electron chi connectivity index (χ0n) is 10.8. The molecule has 1 heterocycles. The SMILES string of the molecule is CCc1ccc(OC)c(-c2cc(C#N)nn2C)c1. The van der Waals surface area contributed by atoms with E-state index in [2.05, 4.69) is 24.2 Å². The Bertz CT molecular complexity index is 608. The van der Waals surface area contributed by atoms with E-state index in [0.717, 1.165) is 23.4 Å². The topological polar surface area (TPSA) is 50.8 Å². The number of ether oxygens (including phenoxy) is 1. The molecule has 18 heavy (non-hydrogen) atoms. The molecule has 0 bridgehead atoms. The third-order valence-electron chi connectivity index (χ3n) is 2.94. The first-order valence-corrected chi connectivity index (χ1v) is 5.81. The fourth-order valence-corrected chi connectivity index (χ4v) is 1.95. The van der Waals surface area contributed by atoms with Crippen molar-refractivity contribution in [2.75, 3.05) is 7.11 Å². The molecule has 0 saturated heterocycles. The number of hydrogen-bond donors (Lipinski definition) is 0. The summed E-state index contributed by atoms with van der Waals surface area (Å²) in [7, 11) is 3.47. The summed E-state index contributed by atoms with van der Waals surface area (Å²) in [5, 5.41) is 13.0. The molecule has 0 radical (unpaired) electrons. The van der Waals surface area contributed by atoms with E-state index in [-0.39, 0.29) is 0 Å². The summed E-state index contributed by atoms with van der Waals surface area (Å²) in [5.74, 6) is 0.791. The van der Waals surface area contributed by atoms with Crippen LogP contribution in [-0.4, -0.2) is 16.9 Å². The number of rotatable bonds is 3. The van der Waals surface area contributed by atoms with Crippen LogP contribution in [-0.2, 0) is 13.5 Å². The first kappa shape index (κ1) is 12.2. The van der Waals surface area contributed by atoms with E-state index in [1.54, 1.807) is 17.9 Å². The average Bonchev–Trinajstić information content (AvgIpc) is 2.79. The number of methoxy groups -OCH3 is 1. The fourth-order valence-electron chi connectivity index (χ4n) is 1.95. The summed E-state index contributed by atoms with van der Waals surface area (Å²) in [6, 6.07) is 9.90. The quantitative estimate of drug-likeness (QED) is 0.829. The van der Waals surface area contributed by atoms with Gasteiger partial charge in [-0.15, -0.1) is 0 Å². The number of aromatic nitrogens is 2. The highest BCUT2D eigenvalue weighted by Gasteiger charge is 2.12. The second-order valence-corrected chi connectivity index (χ2v) is 4.04. The molecule has 1 aromatic heterocycles. The molecule has 0 fully saturated rings. The van der Waals surface area contributed by atoms with Gasteiger partial charge in [0.1, 0.15) is 11.8 Å². The Labute approximate surface area is 106 Å². The Morgan fingerprint density at radius 2 is 2.17 bits per heavy atom. The Balaban J connectivity index is 2.61. The van der Waals surface area contributed by atoms with Gasteiger partial charge in [-0.25, -0.2) is 0 Å². The van der Waals surface area contributed by atoms with Crippen molar-refractivity contribution in [3.63, 3.8) is 0 Å². The van der Waals surface area contributed by atoms with Crippen molar-refractivity contribution in [1.29, 1.82) is 5.26 Å². The first-order chi connectivity index (χ1) is 8.69. The minimum Gasteiger partial charge on any atom is -0.496 e. The maximum absolute atomic E-state index is 8.89. The largest absolute Gasteiger partial charge is 0.496 e. The van der Waals surface area contributed by atoms with Crippen molar-refractivity contribution >= 4 is 0 Å². The van der Waals surface area contributed by atoms with Crippen LogP contribution in [0.25, 0.3) is 11.3 Å². The molecule has 0 N–H and O–H groups in total. The van der Waals surface area contributed by atoms with E-state index in [4.69, 9.17) is 10.00 Å². The number of nitrogens with zero attached hydrogens (tertiary/aromatic N) is 3. The summed E-state index contributed by atoms with van der Waals surface area (Å²) in [5.41, 5.74) is 3.49. The molecule has 4 heteroatoms. The molecule has 0 spiro atoms. The minimum absolute atomic E-state index is 0.413. The molecule has 0 aliphatic carbocycles. The Morgan fingerprint density at radius 1 is 1.39 bits per heavy atom. The average molecular weight is 241 g/mol. The van der Waals surface area contributed by atoms with Crippen LogP contribution in [0.1, 0.15) is 18.2 Å². The van der Waals surface area contributed by atoms with Crippen molar-refractivity contribution in [1.82, 2.24) is 9.78 Å². The summed E-state index contributed by atoms with van der Waals surface area (Å²) < 4.78 is 7.08. The van der Waals surface area contributed by atoms with E-state index >= 15 is 0 Å². The Kier molecular flexibility index (Phi) is 3.33. The molecule has 4 nitrogen and oxygen atoms in total. The van der Waals surface area contributed by atoms with E-state index in [1.165, 1.54) is 5.56 Å². The lowest BCUT2D eigenvalue weighted by atomic mass is 10.0. The smallest absolute Gasteiger partial charge is 0.163 e. The van der Waals surface area contributed by atoms with E-state index < -0.39 is 0 Å². The van der Waals surface area contributed by atoms with E-state index in [0.29, 0.717) is 5.69 Å². The first-order valence-electron chi connectivity index (χ1n) is 5.81. The molecule has 0 amide bonds. The highest BCUT2D eigenvalue weighted by molar-refractivity contribution is 5.69. The highest BCUT2D eigenvalue weighted by Crippen LogP contribution is 2.31. The Hall–Kier alpha value is -2.28. The summed E-state index contributed by atoms with van der Waals surface area (Å²) in [4.78, 5) is 0. The standard InChI is InChI=1S/C14H15N3O/c1-4-10-5-6-14(18-3)12(7-10)13-8-11(9-15)16-17(13)2/h5-8H,4H2,1-3H3.